The molecule has 10 heteroatoms. The number of aryl methyl sites for hydroxylation is 2. The normalized spacial score (nSPS) is 15.5. The molecule has 0 saturated carbocycles. The molecule has 1 aliphatic rings. The number of carbonyl (C=O) groups is 1. The van der Waals surface area contributed by atoms with E-state index in [0.717, 1.165) is 34.4 Å². The molecule has 1 atom stereocenters. The maximum absolute atomic E-state index is 12.8. The van der Waals surface area contributed by atoms with Crippen molar-refractivity contribution in [3.63, 3.8) is 0 Å². The second kappa shape index (κ2) is 9.20. The summed E-state index contributed by atoms with van der Waals surface area (Å²) in [6, 6.07) is 13.6. The minimum Gasteiger partial charge on any atom is -0.471 e. The highest BCUT2D eigenvalue weighted by molar-refractivity contribution is 5.85. The molecule has 4 heterocycles. The molecular formula is C27H27N7O3. The van der Waals surface area contributed by atoms with Crippen LogP contribution in [-0.2, 0) is 13.6 Å². The molecule has 2 aromatic carbocycles. The van der Waals surface area contributed by atoms with Gasteiger partial charge in [0, 0.05) is 32.3 Å². The fourth-order valence-electron chi connectivity index (χ4n) is 4.83. The molecule has 0 N–H and O–H groups in total. The molecule has 3 aromatic heterocycles. The number of rotatable bonds is 5. The molecule has 10 nitrogen and oxygen atoms in total. The van der Waals surface area contributed by atoms with Crippen molar-refractivity contribution in [3.8, 4) is 23.0 Å². The van der Waals surface area contributed by atoms with Crippen LogP contribution in [-0.4, -0.2) is 59.5 Å². The van der Waals surface area contributed by atoms with Gasteiger partial charge in [0.1, 0.15) is 24.0 Å². The van der Waals surface area contributed by atoms with Gasteiger partial charge in [0.25, 0.3) is 0 Å². The third-order valence-corrected chi connectivity index (χ3v) is 6.87. The van der Waals surface area contributed by atoms with Gasteiger partial charge in [0.05, 0.1) is 18.3 Å². The van der Waals surface area contributed by atoms with E-state index in [2.05, 4.69) is 22.0 Å². The second-order valence-corrected chi connectivity index (χ2v) is 9.16. The topological polar surface area (TPSA) is 100 Å². The summed E-state index contributed by atoms with van der Waals surface area (Å²) in [6.45, 7) is 5.80. The van der Waals surface area contributed by atoms with Crippen molar-refractivity contribution in [2.24, 2.45) is 7.05 Å². The molecule has 37 heavy (non-hydrogen) atoms. The predicted molar refractivity (Wildman–Crippen MR) is 139 cm³/mol. The summed E-state index contributed by atoms with van der Waals surface area (Å²) in [5.41, 5.74) is 3.24. The van der Waals surface area contributed by atoms with Gasteiger partial charge >= 0.3 is 6.09 Å². The summed E-state index contributed by atoms with van der Waals surface area (Å²) in [6.07, 6.45) is 3.35. The Balaban J connectivity index is 1.18. The smallest absolute Gasteiger partial charge is 0.415 e. The third kappa shape index (κ3) is 4.14. The van der Waals surface area contributed by atoms with E-state index < -0.39 is 6.09 Å². The van der Waals surface area contributed by atoms with Gasteiger partial charge in [-0.05, 0) is 36.8 Å². The van der Waals surface area contributed by atoms with E-state index in [-0.39, 0.29) is 6.10 Å². The van der Waals surface area contributed by atoms with Gasteiger partial charge < -0.3 is 18.9 Å². The van der Waals surface area contributed by atoms with Gasteiger partial charge in [-0.15, -0.1) is 0 Å². The number of benzene rings is 2. The Morgan fingerprint density at radius 3 is 2.78 bits per heavy atom. The molecule has 1 aliphatic heterocycles. The standard InChI is InChI=1S/C27H27N7O3/c1-4-34-17(2)22(14-30-34)24-31-23-25(32(24)3)28-16-29-26(23)36-21-11-12-33(15-21)27(35)37-20-10-9-18-7-5-6-8-19(18)13-20/h5-10,13-14,16,21H,4,11-12,15H2,1-3H3/t21-/m0/s1. The van der Waals surface area contributed by atoms with Crippen LogP contribution in [0.5, 0.6) is 11.6 Å². The third-order valence-electron chi connectivity index (χ3n) is 6.87. The highest BCUT2D eigenvalue weighted by Gasteiger charge is 2.30. The average molecular weight is 498 g/mol. The van der Waals surface area contributed by atoms with Gasteiger partial charge in [-0.1, -0.05) is 30.3 Å². The van der Waals surface area contributed by atoms with Gasteiger partial charge in [0.15, 0.2) is 11.2 Å². The number of amides is 1. The van der Waals surface area contributed by atoms with Crippen molar-refractivity contribution < 1.29 is 14.3 Å². The van der Waals surface area contributed by atoms with E-state index >= 15 is 0 Å². The van der Waals surface area contributed by atoms with Gasteiger partial charge in [-0.25, -0.2) is 14.8 Å². The summed E-state index contributed by atoms with van der Waals surface area (Å²) in [4.78, 5) is 28.1. The van der Waals surface area contributed by atoms with E-state index in [4.69, 9.17) is 14.5 Å². The van der Waals surface area contributed by atoms with Crippen LogP contribution in [0.25, 0.3) is 33.3 Å². The lowest BCUT2D eigenvalue weighted by Crippen LogP contribution is -2.33. The first kappa shape index (κ1) is 23.0. The maximum atomic E-state index is 12.8. The zero-order chi connectivity index (χ0) is 25.5. The SMILES string of the molecule is CCn1ncc(-c2nc3c(O[C@H]4CCN(C(=O)Oc5ccc6ccccc6c5)C4)ncnc3n2C)c1C. The van der Waals surface area contributed by atoms with Crippen molar-refractivity contribution >= 4 is 28.0 Å². The molecule has 0 unspecified atom stereocenters. The second-order valence-electron chi connectivity index (χ2n) is 9.16. The lowest BCUT2D eigenvalue weighted by Gasteiger charge is -2.17. The van der Waals surface area contributed by atoms with E-state index in [1.807, 2.05) is 71.9 Å². The largest absolute Gasteiger partial charge is 0.471 e. The number of nitrogens with zero attached hydrogens (tertiary/aromatic N) is 7. The van der Waals surface area contributed by atoms with Crippen LogP contribution >= 0.6 is 0 Å². The molecule has 0 aliphatic carbocycles. The minimum absolute atomic E-state index is 0.225. The molecule has 0 spiro atoms. The van der Waals surface area contributed by atoms with Crippen molar-refractivity contribution in [1.82, 2.24) is 34.2 Å². The number of fused-ring (bicyclic) bond motifs is 2. The molecule has 5 aromatic rings. The van der Waals surface area contributed by atoms with Crippen LogP contribution in [0.4, 0.5) is 4.79 Å². The number of hydrogen-bond acceptors (Lipinski definition) is 7. The van der Waals surface area contributed by atoms with Gasteiger partial charge in [-0.3, -0.25) is 4.68 Å². The zero-order valence-corrected chi connectivity index (χ0v) is 21.0. The fraction of sp³-hybridized carbons (Fsp3) is 0.296. The predicted octanol–water partition coefficient (Wildman–Crippen LogP) is 4.36. The quantitative estimate of drug-likeness (QED) is 0.356. The van der Waals surface area contributed by atoms with Crippen molar-refractivity contribution in [3.05, 3.63) is 60.7 Å². The van der Waals surface area contributed by atoms with E-state index in [1.165, 1.54) is 6.33 Å². The summed E-state index contributed by atoms with van der Waals surface area (Å²) in [5.74, 6) is 1.68. The summed E-state index contributed by atoms with van der Waals surface area (Å²) < 4.78 is 15.7. The van der Waals surface area contributed by atoms with E-state index in [0.29, 0.717) is 42.3 Å². The number of carbonyl (C=O) groups excluding carboxylic acids is 1. The van der Waals surface area contributed by atoms with Crippen molar-refractivity contribution in [1.29, 1.82) is 0 Å². The van der Waals surface area contributed by atoms with E-state index in [9.17, 15) is 4.79 Å². The Hall–Kier alpha value is -4.47. The van der Waals surface area contributed by atoms with Crippen molar-refractivity contribution in [2.45, 2.75) is 32.9 Å². The molecule has 0 radical (unpaired) electrons. The molecular weight excluding hydrogens is 470 g/mol. The number of likely N-dealkylation sites (tertiary alicyclic amines) is 1. The van der Waals surface area contributed by atoms with Crippen LogP contribution < -0.4 is 9.47 Å². The Morgan fingerprint density at radius 1 is 1.14 bits per heavy atom. The Labute approximate surface area is 213 Å². The highest BCUT2D eigenvalue weighted by atomic mass is 16.6. The van der Waals surface area contributed by atoms with E-state index in [1.54, 1.807) is 4.90 Å². The first-order valence-corrected chi connectivity index (χ1v) is 12.3. The lowest BCUT2D eigenvalue weighted by atomic mass is 10.1. The Bertz CT molecular complexity index is 1620. The van der Waals surface area contributed by atoms with Crippen LogP contribution in [0.15, 0.2) is 55.0 Å². The van der Waals surface area contributed by atoms with Crippen LogP contribution in [0, 0.1) is 6.92 Å². The number of ether oxygens (including phenoxy) is 2. The van der Waals surface area contributed by atoms with Gasteiger partial charge in [-0.2, -0.15) is 10.1 Å². The summed E-state index contributed by atoms with van der Waals surface area (Å²) >= 11 is 0. The van der Waals surface area contributed by atoms with Crippen LogP contribution in [0.3, 0.4) is 0 Å². The monoisotopic (exact) mass is 497 g/mol. The molecule has 188 valence electrons. The molecule has 1 amide bonds. The first-order chi connectivity index (χ1) is 18.0. The number of imidazole rings is 1. The van der Waals surface area contributed by atoms with Gasteiger partial charge in [0.2, 0.25) is 5.88 Å². The number of aromatic nitrogens is 6. The highest BCUT2D eigenvalue weighted by Crippen LogP contribution is 2.30. The lowest BCUT2D eigenvalue weighted by molar-refractivity contribution is 0.151. The summed E-state index contributed by atoms with van der Waals surface area (Å²) in [5, 5.41) is 6.56. The Kier molecular flexibility index (Phi) is 5.71. The molecule has 6 rings (SSSR count). The summed E-state index contributed by atoms with van der Waals surface area (Å²) in [7, 11) is 1.92. The molecule has 0 bridgehead atoms. The zero-order valence-electron chi connectivity index (χ0n) is 21.0. The number of hydrogen-bond donors (Lipinski definition) is 0. The first-order valence-electron chi connectivity index (χ1n) is 12.3. The van der Waals surface area contributed by atoms with Crippen molar-refractivity contribution in [2.75, 3.05) is 13.1 Å². The maximum Gasteiger partial charge on any atom is 0.415 e. The minimum atomic E-state index is -0.391. The average Bonchev–Trinajstić information content (AvgIpc) is 3.62. The van der Waals surface area contributed by atoms with Crippen LogP contribution in [0.1, 0.15) is 19.0 Å². The molecule has 1 saturated heterocycles. The molecule has 1 fully saturated rings. The fourth-order valence-corrected chi connectivity index (χ4v) is 4.83. The van der Waals surface area contributed by atoms with Crippen LogP contribution in [0.2, 0.25) is 0 Å². The Morgan fingerprint density at radius 2 is 1.97 bits per heavy atom.